The Labute approximate surface area is 164 Å². The highest BCUT2D eigenvalue weighted by atomic mass is 16.2. The lowest BCUT2D eigenvalue weighted by molar-refractivity contribution is -0.117. The average molecular weight is 379 g/mol. The van der Waals surface area contributed by atoms with Crippen LogP contribution in [0.1, 0.15) is 66.4 Å². The first kappa shape index (κ1) is 17.4. The van der Waals surface area contributed by atoms with Gasteiger partial charge in [0.1, 0.15) is 11.6 Å². The van der Waals surface area contributed by atoms with Gasteiger partial charge in [-0.3, -0.25) is 9.59 Å². The number of hydrogen-bond donors (Lipinski definition) is 1. The van der Waals surface area contributed by atoms with Crippen molar-refractivity contribution in [1.29, 1.82) is 0 Å². The molecule has 2 aromatic rings. The molecule has 1 saturated carbocycles. The molecule has 7 heteroatoms. The number of aromatic nitrogens is 3. The van der Waals surface area contributed by atoms with Crippen molar-refractivity contribution in [2.45, 2.75) is 63.5 Å². The third-order valence-corrected chi connectivity index (χ3v) is 6.04. The van der Waals surface area contributed by atoms with E-state index in [-0.39, 0.29) is 17.9 Å². The first-order valence-corrected chi connectivity index (χ1v) is 10.3. The quantitative estimate of drug-likeness (QED) is 0.885. The molecule has 1 aliphatic carbocycles. The van der Waals surface area contributed by atoms with E-state index >= 15 is 0 Å². The van der Waals surface area contributed by atoms with Gasteiger partial charge >= 0.3 is 0 Å². The topological polar surface area (TPSA) is 80.1 Å². The predicted molar refractivity (Wildman–Crippen MR) is 104 cm³/mol. The molecule has 3 heterocycles. The zero-order chi connectivity index (χ0) is 19.1. The first-order valence-electron chi connectivity index (χ1n) is 10.3. The summed E-state index contributed by atoms with van der Waals surface area (Å²) in [6, 6.07) is 7.52. The van der Waals surface area contributed by atoms with Gasteiger partial charge in [0.15, 0.2) is 0 Å². The van der Waals surface area contributed by atoms with Gasteiger partial charge < -0.3 is 14.8 Å². The molecular weight excluding hydrogens is 354 g/mol. The average Bonchev–Trinajstić information content (AvgIpc) is 3.39. The molecule has 2 amide bonds. The van der Waals surface area contributed by atoms with Gasteiger partial charge in [0.05, 0.1) is 0 Å². The Morgan fingerprint density at radius 3 is 2.75 bits per heavy atom. The van der Waals surface area contributed by atoms with E-state index in [1.807, 2.05) is 24.3 Å². The number of rotatable bonds is 4. The zero-order valence-corrected chi connectivity index (χ0v) is 15.9. The van der Waals surface area contributed by atoms with Crippen molar-refractivity contribution in [3.05, 3.63) is 41.5 Å². The largest absolute Gasteiger partial charge is 0.349 e. The number of carbonyl (C=O) groups excluding carboxylic acids is 2. The van der Waals surface area contributed by atoms with Gasteiger partial charge in [-0.1, -0.05) is 6.07 Å². The minimum absolute atomic E-state index is 0.0708. The third kappa shape index (κ3) is 3.30. The fourth-order valence-corrected chi connectivity index (χ4v) is 4.30. The van der Waals surface area contributed by atoms with E-state index in [1.54, 1.807) is 4.90 Å². The maximum absolute atomic E-state index is 12.8. The molecule has 1 atom stereocenters. The fraction of sp³-hybridized carbons (Fsp3) is 0.524. The van der Waals surface area contributed by atoms with Crippen molar-refractivity contribution < 1.29 is 9.59 Å². The molecule has 3 aliphatic rings. The molecule has 0 radical (unpaired) electrons. The predicted octanol–water partition coefficient (Wildman–Crippen LogP) is 2.42. The minimum atomic E-state index is -0.0708. The van der Waals surface area contributed by atoms with Gasteiger partial charge in [0, 0.05) is 49.1 Å². The second kappa shape index (κ2) is 7.04. The number of fused-ring (bicyclic) bond motifs is 1. The number of nitrogens with one attached hydrogen (secondary N) is 1. The molecule has 146 valence electrons. The standard InChI is InChI=1S/C21H25N5O2/c27-19-5-2-11-25(19)17-4-1-3-15(13-17)21(28)22-16-8-9-18-23-24-20(14-6-7-14)26(18)12-10-16/h1,3-4,13-14,16H,2,5-12H2,(H,22,28). The van der Waals surface area contributed by atoms with E-state index in [4.69, 9.17) is 0 Å². The van der Waals surface area contributed by atoms with Crippen LogP contribution in [0.3, 0.4) is 0 Å². The van der Waals surface area contributed by atoms with Crippen LogP contribution in [0.25, 0.3) is 0 Å². The second-order valence-corrected chi connectivity index (χ2v) is 8.10. The molecule has 1 unspecified atom stereocenters. The molecule has 0 spiro atoms. The van der Waals surface area contributed by atoms with Gasteiger partial charge in [0.25, 0.3) is 5.91 Å². The molecule has 1 N–H and O–H groups in total. The molecule has 28 heavy (non-hydrogen) atoms. The summed E-state index contributed by atoms with van der Waals surface area (Å²) in [5, 5.41) is 11.9. The zero-order valence-electron chi connectivity index (χ0n) is 15.9. The van der Waals surface area contributed by atoms with Crippen molar-refractivity contribution in [3.63, 3.8) is 0 Å². The molecule has 5 rings (SSSR count). The van der Waals surface area contributed by atoms with Crippen molar-refractivity contribution in [1.82, 2.24) is 20.1 Å². The van der Waals surface area contributed by atoms with Crippen LogP contribution in [-0.2, 0) is 17.8 Å². The van der Waals surface area contributed by atoms with Crippen molar-refractivity contribution in [2.24, 2.45) is 0 Å². The summed E-state index contributed by atoms with van der Waals surface area (Å²) >= 11 is 0. The van der Waals surface area contributed by atoms with E-state index < -0.39 is 0 Å². The lowest BCUT2D eigenvalue weighted by Gasteiger charge is -2.19. The van der Waals surface area contributed by atoms with Gasteiger partial charge in [-0.2, -0.15) is 0 Å². The molecule has 7 nitrogen and oxygen atoms in total. The Bertz CT molecular complexity index is 917. The first-order chi connectivity index (χ1) is 13.7. The maximum atomic E-state index is 12.8. The molecule has 1 saturated heterocycles. The lowest BCUT2D eigenvalue weighted by atomic mass is 10.1. The van der Waals surface area contributed by atoms with Crippen LogP contribution in [-0.4, -0.2) is 39.2 Å². The molecule has 1 aromatic heterocycles. The van der Waals surface area contributed by atoms with Crippen molar-refractivity contribution in [2.75, 3.05) is 11.4 Å². The van der Waals surface area contributed by atoms with Gasteiger partial charge in [0.2, 0.25) is 5.91 Å². The number of amides is 2. The van der Waals surface area contributed by atoms with Crippen LogP contribution in [0.2, 0.25) is 0 Å². The lowest BCUT2D eigenvalue weighted by Crippen LogP contribution is -2.35. The Balaban J connectivity index is 1.25. The summed E-state index contributed by atoms with van der Waals surface area (Å²) in [5.41, 5.74) is 1.43. The number of aryl methyl sites for hydroxylation is 1. The van der Waals surface area contributed by atoms with Crippen LogP contribution in [0, 0.1) is 0 Å². The Hall–Kier alpha value is -2.70. The highest BCUT2D eigenvalue weighted by Crippen LogP contribution is 2.39. The van der Waals surface area contributed by atoms with Crippen LogP contribution in [0.15, 0.2) is 24.3 Å². The van der Waals surface area contributed by atoms with Gasteiger partial charge in [-0.25, -0.2) is 0 Å². The summed E-state index contributed by atoms with van der Waals surface area (Å²) in [7, 11) is 0. The SMILES string of the molecule is O=C(NC1CCc2nnc(C3CC3)n2CC1)c1cccc(N2CCCC2=O)c1. The Morgan fingerprint density at radius 2 is 1.96 bits per heavy atom. The highest BCUT2D eigenvalue weighted by Gasteiger charge is 2.31. The van der Waals surface area contributed by atoms with Gasteiger partial charge in [-0.05, 0) is 50.3 Å². The van der Waals surface area contributed by atoms with E-state index in [9.17, 15) is 9.59 Å². The number of hydrogen-bond acceptors (Lipinski definition) is 4. The van der Waals surface area contributed by atoms with Crippen LogP contribution in [0.5, 0.6) is 0 Å². The van der Waals surface area contributed by atoms with Crippen molar-refractivity contribution >= 4 is 17.5 Å². The minimum Gasteiger partial charge on any atom is -0.349 e. The number of carbonyl (C=O) groups is 2. The smallest absolute Gasteiger partial charge is 0.251 e. The van der Waals surface area contributed by atoms with Crippen molar-refractivity contribution in [3.8, 4) is 0 Å². The Kier molecular flexibility index (Phi) is 4.37. The molecule has 2 aliphatic heterocycles. The van der Waals surface area contributed by atoms with E-state index in [0.29, 0.717) is 17.9 Å². The number of nitrogens with zero attached hydrogens (tertiary/aromatic N) is 4. The summed E-state index contributed by atoms with van der Waals surface area (Å²) in [5.74, 6) is 2.83. The van der Waals surface area contributed by atoms with Crippen LogP contribution >= 0.6 is 0 Å². The molecular formula is C21H25N5O2. The molecule has 2 fully saturated rings. The fourth-order valence-electron chi connectivity index (χ4n) is 4.30. The number of anilines is 1. The molecule has 1 aromatic carbocycles. The normalized spacial score (nSPS) is 22.1. The summed E-state index contributed by atoms with van der Waals surface area (Å²) in [6.45, 7) is 1.59. The van der Waals surface area contributed by atoms with E-state index in [1.165, 1.54) is 12.8 Å². The van der Waals surface area contributed by atoms with Crippen LogP contribution < -0.4 is 10.2 Å². The summed E-state index contributed by atoms with van der Waals surface area (Å²) in [6.07, 6.45) is 6.50. The Morgan fingerprint density at radius 1 is 1.07 bits per heavy atom. The monoisotopic (exact) mass is 379 g/mol. The summed E-state index contributed by atoms with van der Waals surface area (Å²) in [4.78, 5) is 26.6. The van der Waals surface area contributed by atoms with E-state index in [2.05, 4.69) is 20.1 Å². The highest BCUT2D eigenvalue weighted by molar-refractivity contribution is 5.99. The maximum Gasteiger partial charge on any atom is 0.251 e. The number of benzene rings is 1. The molecule has 0 bridgehead atoms. The second-order valence-electron chi connectivity index (χ2n) is 8.10. The van der Waals surface area contributed by atoms with Gasteiger partial charge in [-0.15, -0.1) is 10.2 Å². The van der Waals surface area contributed by atoms with Crippen LogP contribution in [0.4, 0.5) is 5.69 Å². The van der Waals surface area contributed by atoms with E-state index in [0.717, 1.165) is 56.1 Å². The summed E-state index contributed by atoms with van der Waals surface area (Å²) < 4.78 is 2.27. The third-order valence-electron chi connectivity index (χ3n) is 6.04.